The Labute approximate surface area is 187 Å². The van der Waals surface area contributed by atoms with Gasteiger partial charge in [-0.05, 0) is 51.7 Å². The van der Waals surface area contributed by atoms with Crippen molar-refractivity contribution < 1.29 is 17.9 Å². The summed E-state index contributed by atoms with van der Waals surface area (Å²) in [7, 11) is -3.07. The molecule has 32 heavy (non-hydrogen) atoms. The third kappa shape index (κ3) is 4.03. The van der Waals surface area contributed by atoms with E-state index in [1.54, 1.807) is 4.68 Å². The molecule has 7 nitrogen and oxygen atoms in total. The third-order valence-corrected chi connectivity index (χ3v) is 8.03. The number of sulfone groups is 1. The van der Waals surface area contributed by atoms with E-state index in [9.17, 15) is 13.2 Å². The first-order chi connectivity index (χ1) is 15.2. The van der Waals surface area contributed by atoms with E-state index in [-0.39, 0.29) is 24.2 Å². The van der Waals surface area contributed by atoms with Crippen LogP contribution in [0.2, 0.25) is 0 Å². The summed E-state index contributed by atoms with van der Waals surface area (Å²) in [6.45, 7) is 6.07. The van der Waals surface area contributed by atoms with Gasteiger partial charge in [-0.3, -0.25) is 0 Å². The molecule has 1 saturated heterocycles. The minimum absolute atomic E-state index is 0.0606. The first-order valence-electron chi connectivity index (χ1n) is 11.0. The molecule has 2 aliphatic rings. The molecular weight excluding hydrogens is 426 g/mol. The van der Waals surface area contributed by atoms with Gasteiger partial charge in [0, 0.05) is 11.6 Å². The number of fused-ring (bicyclic) bond motifs is 1. The van der Waals surface area contributed by atoms with Crippen molar-refractivity contribution >= 4 is 26.8 Å². The zero-order valence-corrected chi connectivity index (χ0v) is 19.4. The highest BCUT2D eigenvalue weighted by molar-refractivity contribution is 7.91. The van der Waals surface area contributed by atoms with Crippen LogP contribution in [-0.4, -0.2) is 40.7 Å². The highest BCUT2D eigenvalue weighted by atomic mass is 32.2. The van der Waals surface area contributed by atoms with Crippen LogP contribution in [-0.2, 0) is 21.2 Å². The van der Waals surface area contributed by atoms with Crippen molar-refractivity contribution in [3.63, 3.8) is 0 Å². The van der Waals surface area contributed by atoms with Crippen molar-refractivity contribution in [1.82, 2.24) is 14.8 Å². The molecule has 0 N–H and O–H groups in total. The molecule has 2 aromatic heterocycles. The van der Waals surface area contributed by atoms with Crippen LogP contribution in [0.5, 0.6) is 0 Å². The summed E-state index contributed by atoms with van der Waals surface area (Å²) in [5, 5.41) is 5.28. The Balaban J connectivity index is 1.52. The normalized spacial score (nSPS) is 20.0. The molecule has 0 radical (unpaired) electrons. The number of carbonyl (C=O) groups is 1. The average Bonchev–Trinajstić information content (AvgIpc) is 3.44. The van der Waals surface area contributed by atoms with Gasteiger partial charge in [-0.1, -0.05) is 29.3 Å². The fourth-order valence-corrected chi connectivity index (χ4v) is 6.38. The predicted octanol–water partition coefficient (Wildman–Crippen LogP) is 3.95. The monoisotopic (exact) mass is 453 g/mol. The fraction of sp³-hybridized carbons (Fsp3) is 0.458. The maximum Gasteiger partial charge on any atom is 0.339 e. The van der Waals surface area contributed by atoms with Gasteiger partial charge in [-0.15, -0.1) is 0 Å². The summed E-state index contributed by atoms with van der Waals surface area (Å²) >= 11 is 0. The number of carbonyl (C=O) groups excluding carboxylic acids is 1. The van der Waals surface area contributed by atoms with E-state index in [1.807, 2.05) is 39.0 Å². The van der Waals surface area contributed by atoms with Crippen LogP contribution >= 0.6 is 0 Å². The molecule has 0 spiro atoms. The molecule has 1 aliphatic carbocycles. The van der Waals surface area contributed by atoms with E-state index in [4.69, 9.17) is 9.72 Å². The van der Waals surface area contributed by atoms with Gasteiger partial charge in [0.2, 0.25) is 0 Å². The highest BCUT2D eigenvalue weighted by Crippen LogP contribution is 2.41. The molecule has 1 aromatic carbocycles. The Morgan fingerprint density at radius 2 is 1.81 bits per heavy atom. The second-order valence-corrected chi connectivity index (χ2v) is 11.5. The first-order valence-corrected chi connectivity index (χ1v) is 12.9. The summed E-state index contributed by atoms with van der Waals surface area (Å²) < 4.78 is 31.5. The van der Waals surface area contributed by atoms with Gasteiger partial charge in [0.25, 0.3) is 0 Å². The molecule has 8 heteroatoms. The zero-order valence-electron chi connectivity index (χ0n) is 18.6. The van der Waals surface area contributed by atoms with Crippen molar-refractivity contribution in [2.24, 2.45) is 0 Å². The van der Waals surface area contributed by atoms with Crippen LogP contribution in [0, 0.1) is 20.8 Å². The number of aromatic nitrogens is 3. The molecule has 3 aromatic rings. The van der Waals surface area contributed by atoms with Crippen molar-refractivity contribution in [3.05, 3.63) is 57.9 Å². The van der Waals surface area contributed by atoms with Gasteiger partial charge in [-0.2, -0.15) is 5.10 Å². The summed E-state index contributed by atoms with van der Waals surface area (Å²) in [4.78, 5) is 18.0. The van der Waals surface area contributed by atoms with E-state index in [0.29, 0.717) is 34.6 Å². The fourth-order valence-electron chi connectivity index (χ4n) is 4.68. The van der Waals surface area contributed by atoms with Crippen LogP contribution in [0.1, 0.15) is 69.7 Å². The first kappa shape index (κ1) is 21.1. The lowest BCUT2D eigenvalue weighted by molar-refractivity contribution is 0.0474. The number of aryl methyl sites for hydroxylation is 3. The molecule has 0 amide bonds. The molecule has 3 heterocycles. The molecule has 1 saturated carbocycles. The van der Waals surface area contributed by atoms with Gasteiger partial charge in [0.1, 0.15) is 6.61 Å². The van der Waals surface area contributed by atoms with E-state index in [0.717, 1.165) is 35.2 Å². The summed E-state index contributed by atoms with van der Waals surface area (Å²) in [5.41, 5.74) is 5.78. The molecule has 1 unspecified atom stereocenters. The number of ether oxygens (including phenoxy) is 1. The molecule has 5 rings (SSSR count). The number of hydrogen-bond acceptors (Lipinski definition) is 6. The molecule has 0 bridgehead atoms. The lowest BCUT2D eigenvalue weighted by Crippen LogP contribution is -2.14. The Bertz CT molecular complexity index is 1320. The van der Waals surface area contributed by atoms with Crippen molar-refractivity contribution in [2.45, 2.75) is 58.6 Å². The number of esters is 1. The molecule has 2 fully saturated rings. The Morgan fingerprint density at radius 3 is 2.44 bits per heavy atom. The standard InChI is InChI=1S/C24H27N3O4S/c1-14-8-15(2)10-17(9-14)12-31-24(28)20-11-21(18-4-5-18)25-23-22(20)16(3)26-27(23)19-6-7-32(29,30)13-19/h8-11,18-19H,4-7,12-13H2,1-3H3. The molecular formula is C24H27N3O4S. The van der Waals surface area contributed by atoms with Crippen LogP contribution in [0.3, 0.4) is 0 Å². The molecule has 1 aliphatic heterocycles. The largest absolute Gasteiger partial charge is 0.457 e. The van der Waals surface area contributed by atoms with Crippen LogP contribution in [0.4, 0.5) is 0 Å². The van der Waals surface area contributed by atoms with E-state index in [1.165, 1.54) is 0 Å². The summed E-state index contributed by atoms with van der Waals surface area (Å²) in [6, 6.07) is 7.70. The minimum Gasteiger partial charge on any atom is -0.457 e. The van der Waals surface area contributed by atoms with E-state index in [2.05, 4.69) is 11.2 Å². The number of rotatable bonds is 5. The van der Waals surface area contributed by atoms with Crippen molar-refractivity contribution in [1.29, 1.82) is 0 Å². The highest BCUT2D eigenvalue weighted by Gasteiger charge is 2.34. The molecule has 1 atom stereocenters. The van der Waals surface area contributed by atoms with Gasteiger partial charge >= 0.3 is 5.97 Å². The molecule has 168 valence electrons. The second-order valence-electron chi connectivity index (χ2n) is 9.23. The average molecular weight is 454 g/mol. The maximum atomic E-state index is 13.2. The number of pyridine rings is 1. The zero-order chi connectivity index (χ0) is 22.6. The van der Waals surface area contributed by atoms with E-state index >= 15 is 0 Å². The summed E-state index contributed by atoms with van der Waals surface area (Å²) in [6.07, 6.45) is 2.60. The van der Waals surface area contributed by atoms with Gasteiger partial charge in [0.15, 0.2) is 15.5 Å². The van der Waals surface area contributed by atoms with Crippen molar-refractivity contribution in [2.75, 3.05) is 11.5 Å². The third-order valence-electron chi connectivity index (χ3n) is 6.28. The van der Waals surface area contributed by atoms with Gasteiger partial charge in [0.05, 0.1) is 34.2 Å². The number of hydrogen-bond donors (Lipinski definition) is 0. The SMILES string of the molecule is Cc1cc(C)cc(COC(=O)c2cc(C3CC3)nc3c2c(C)nn3C2CCS(=O)(=O)C2)c1. The van der Waals surface area contributed by atoms with Gasteiger partial charge in [-0.25, -0.2) is 22.9 Å². The smallest absolute Gasteiger partial charge is 0.339 e. The number of benzene rings is 1. The van der Waals surface area contributed by atoms with E-state index < -0.39 is 15.8 Å². The van der Waals surface area contributed by atoms with Crippen molar-refractivity contribution in [3.8, 4) is 0 Å². The predicted molar refractivity (Wildman–Crippen MR) is 122 cm³/mol. The quantitative estimate of drug-likeness (QED) is 0.543. The van der Waals surface area contributed by atoms with Crippen LogP contribution in [0.25, 0.3) is 11.0 Å². The number of nitrogens with zero attached hydrogens (tertiary/aromatic N) is 3. The van der Waals surface area contributed by atoms with Gasteiger partial charge < -0.3 is 4.74 Å². The lowest BCUT2D eigenvalue weighted by Gasteiger charge is -2.12. The second kappa shape index (κ2) is 7.69. The maximum absolute atomic E-state index is 13.2. The van der Waals surface area contributed by atoms with Crippen LogP contribution in [0.15, 0.2) is 24.3 Å². The Kier molecular flexibility index (Phi) is 5.08. The lowest BCUT2D eigenvalue weighted by atomic mass is 10.1. The summed E-state index contributed by atoms with van der Waals surface area (Å²) in [5.74, 6) is 0.150. The Morgan fingerprint density at radius 1 is 1.09 bits per heavy atom. The minimum atomic E-state index is -3.07. The Hall–Kier alpha value is -2.74. The topological polar surface area (TPSA) is 91.2 Å². The van der Waals surface area contributed by atoms with Crippen LogP contribution < -0.4 is 0 Å².